The van der Waals surface area contributed by atoms with Gasteiger partial charge in [0, 0.05) is 6.07 Å². The Morgan fingerprint density at radius 2 is 1.94 bits per heavy atom. The predicted octanol–water partition coefficient (Wildman–Crippen LogP) is 1.87. The molecular weight excluding hydrogens is 241 g/mol. The Morgan fingerprint density at radius 3 is 2.35 bits per heavy atom. The fraction of sp³-hybridized carbons (Fsp3) is 0.333. The molecule has 92 valence electrons. The lowest BCUT2D eigenvalue weighted by atomic mass is 10.3. The van der Waals surface area contributed by atoms with Crippen molar-refractivity contribution in [2.24, 2.45) is 0 Å². The Bertz CT molecular complexity index is 454. The van der Waals surface area contributed by atoms with Gasteiger partial charge in [0.15, 0.2) is 5.75 Å². The van der Waals surface area contributed by atoms with E-state index in [-0.39, 0.29) is 17.3 Å². The second kappa shape index (κ2) is 4.78. The van der Waals surface area contributed by atoms with E-state index in [1.807, 2.05) is 0 Å². The molecule has 0 aliphatic carbocycles. The molecule has 0 unspecified atom stereocenters. The first kappa shape index (κ1) is 12.9. The van der Waals surface area contributed by atoms with Crippen LogP contribution in [0, 0.1) is 11.3 Å². The van der Waals surface area contributed by atoms with E-state index in [1.165, 1.54) is 7.11 Å². The normalized spacial score (nSPS) is 10.6. The molecule has 8 heteroatoms. The molecule has 1 heterocycles. The SMILES string of the molecule is COc1nc(C#N)cc(OC(F)(F)F)c1OC. The third kappa shape index (κ3) is 3.14. The van der Waals surface area contributed by atoms with E-state index < -0.39 is 12.1 Å². The van der Waals surface area contributed by atoms with Crippen LogP contribution in [0.1, 0.15) is 5.69 Å². The van der Waals surface area contributed by atoms with Gasteiger partial charge in [-0.05, 0) is 0 Å². The van der Waals surface area contributed by atoms with Crippen LogP contribution in [-0.4, -0.2) is 25.6 Å². The zero-order valence-electron chi connectivity index (χ0n) is 8.83. The number of aromatic nitrogens is 1. The van der Waals surface area contributed by atoms with Gasteiger partial charge in [-0.15, -0.1) is 13.2 Å². The third-order valence-corrected chi connectivity index (χ3v) is 1.65. The molecule has 0 radical (unpaired) electrons. The largest absolute Gasteiger partial charge is 0.573 e. The summed E-state index contributed by atoms with van der Waals surface area (Å²) in [5, 5.41) is 8.60. The van der Waals surface area contributed by atoms with Gasteiger partial charge in [0.2, 0.25) is 5.75 Å². The fourth-order valence-electron chi connectivity index (χ4n) is 1.07. The number of hydrogen-bond donors (Lipinski definition) is 0. The molecule has 0 aromatic carbocycles. The first-order valence-electron chi connectivity index (χ1n) is 4.20. The lowest BCUT2D eigenvalue weighted by molar-refractivity contribution is -0.275. The minimum atomic E-state index is -4.90. The zero-order valence-corrected chi connectivity index (χ0v) is 8.83. The summed E-state index contributed by atoms with van der Waals surface area (Å²) in [5.41, 5.74) is -0.276. The molecule has 0 N–H and O–H groups in total. The number of nitriles is 1. The quantitative estimate of drug-likeness (QED) is 0.816. The smallest absolute Gasteiger partial charge is 0.489 e. The molecule has 1 aromatic rings. The van der Waals surface area contributed by atoms with Crippen LogP contribution in [0.4, 0.5) is 13.2 Å². The number of methoxy groups -OCH3 is 2. The molecule has 0 aliphatic rings. The molecule has 0 saturated heterocycles. The van der Waals surface area contributed by atoms with Crippen LogP contribution in [0.5, 0.6) is 17.4 Å². The maximum atomic E-state index is 12.1. The van der Waals surface area contributed by atoms with Gasteiger partial charge in [-0.2, -0.15) is 10.2 Å². The monoisotopic (exact) mass is 248 g/mol. The maximum absolute atomic E-state index is 12.1. The van der Waals surface area contributed by atoms with Crippen LogP contribution in [0.3, 0.4) is 0 Å². The molecule has 0 fully saturated rings. The highest BCUT2D eigenvalue weighted by atomic mass is 19.4. The summed E-state index contributed by atoms with van der Waals surface area (Å²) in [6.07, 6.45) is -4.90. The molecule has 0 amide bonds. The van der Waals surface area contributed by atoms with E-state index in [9.17, 15) is 13.2 Å². The molecule has 0 aliphatic heterocycles. The van der Waals surface area contributed by atoms with Gasteiger partial charge in [-0.1, -0.05) is 0 Å². The molecule has 5 nitrogen and oxygen atoms in total. The van der Waals surface area contributed by atoms with Crippen molar-refractivity contribution < 1.29 is 27.4 Å². The number of hydrogen-bond acceptors (Lipinski definition) is 5. The average molecular weight is 248 g/mol. The molecule has 1 rings (SSSR count). The molecule has 0 spiro atoms. The van der Waals surface area contributed by atoms with Crippen molar-refractivity contribution in [1.29, 1.82) is 5.26 Å². The van der Waals surface area contributed by atoms with Gasteiger partial charge >= 0.3 is 6.36 Å². The molecule has 0 atom stereocenters. The minimum Gasteiger partial charge on any atom is -0.489 e. The summed E-state index contributed by atoms with van der Waals surface area (Å²) in [6, 6.07) is 2.40. The van der Waals surface area contributed by atoms with Crippen LogP contribution in [0.25, 0.3) is 0 Å². The molecule has 1 aromatic heterocycles. The summed E-state index contributed by atoms with van der Waals surface area (Å²) in [7, 11) is 2.32. The van der Waals surface area contributed by atoms with Gasteiger partial charge in [-0.3, -0.25) is 0 Å². The van der Waals surface area contributed by atoms with E-state index in [2.05, 4.69) is 9.72 Å². The molecule has 0 bridgehead atoms. The van der Waals surface area contributed by atoms with Crippen LogP contribution in [0.2, 0.25) is 0 Å². The predicted molar refractivity (Wildman–Crippen MR) is 48.7 cm³/mol. The van der Waals surface area contributed by atoms with Crippen molar-refractivity contribution in [2.75, 3.05) is 14.2 Å². The van der Waals surface area contributed by atoms with E-state index >= 15 is 0 Å². The average Bonchev–Trinajstić information content (AvgIpc) is 2.25. The van der Waals surface area contributed by atoms with Crippen LogP contribution in [-0.2, 0) is 0 Å². The fourth-order valence-corrected chi connectivity index (χ4v) is 1.07. The number of alkyl halides is 3. The maximum Gasteiger partial charge on any atom is 0.573 e. The number of pyridine rings is 1. The summed E-state index contributed by atoms with van der Waals surface area (Å²) in [4.78, 5) is 3.62. The number of ether oxygens (including phenoxy) is 3. The van der Waals surface area contributed by atoms with Crippen molar-refractivity contribution in [3.8, 4) is 23.4 Å². The van der Waals surface area contributed by atoms with Gasteiger partial charge in [0.05, 0.1) is 14.2 Å². The number of halogens is 3. The number of rotatable bonds is 3. The Labute approximate surface area is 94.3 Å². The highest BCUT2D eigenvalue weighted by Crippen LogP contribution is 2.38. The Kier molecular flexibility index (Phi) is 3.62. The summed E-state index contributed by atoms with van der Waals surface area (Å²) < 4.78 is 49.4. The van der Waals surface area contributed by atoms with Crippen molar-refractivity contribution in [3.63, 3.8) is 0 Å². The molecule has 0 saturated carbocycles. The van der Waals surface area contributed by atoms with Crippen LogP contribution >= 0.6 is 0 Å². The van der Waals surface area contributed by atoms with E-state index in [4.69, 9.17) is 14.7 Å². The highest BCUT2D eigenvalue weighted by Gasteiger charge is 2.33. The first-order chi connectivity index (χ1) is 7.91. The number of nitrogens with zero attached hydrogens (tertiary/aromatic N) is 2. The summed E-state index contributed by atoms with van der Waals surface area (Å²) in [6.45, 7) is 0. The third-order valence-electron chi connectivity index (χ3n) is 1.65. The highest BCUT2D eigenvalue weighted by molar-refractivity contribution is 5.50. The lowest BCUT2D eigenvalue weighted by Crippen LogP contribution is -2.18. The van der Waals surface area contributed by atoms with Crippen LogP contribution in [0.15, 0.2) is 6.07 Å². The Hall–Kier alpha value is -2.17. The second-order valence-electron chi connectivity index (χ2n) is 2.71. The Morgan fingerprint density at radius 1 is 1.29 bits per heavy atom. The summed E-state index contributed by atoms with van der Waals surface area (Å²) in [5.74, 6) is -1.27. The van der Waals surface area contributed by atoms with Gasteiger partial charge in [0.25, 0.3) is 5.88 Å². The molecular formula is C9H7F3N2O3. The standard InChI is InChI=1S/C9H7F3N2O3/c1-15-7-6(17-9(10,11)12)3-5(4-13)14-8(7)16-2/h3H,1-2H3. The topological polar surface area (TPSA) is 64.4 Å². The van der Waals surface area contributed by atoms with Gasteiger partial charge < -0.3 is 14.2 Å². The van der Waals surface area contributed by atoms with Crippen molar-refractivity contribution in [1.82, 2.24) is 4.98 Å². The van der Waals surface area contributed by atoms with E-state index in [0.29, 0.717) is 0 Å². The van der Waals surface area contributed by atoms with Crippen LogP contribution < -0.4 is 14.2 Å². The summed E-state index contributed by atoms with van der Waals surface area (Å²) >= 11 is 0. The first-order valence-corrected chi connectivity index (χ1v) is 4.20. The zero-order chi connectivity index (χ0) is 13.1. The second-order valence-corrected chi connectivity index (χ2v) is 2.71. The van der Waals surface area contributed by atoms with E-state index in [1.54, 1.807) is 6.07 Å². The van der Waals surface area contributed by atoms with Gasteiger partial charge in [0.1, 0.15) is 11.8 Å². The minimum absolute atomic E-state index is 0.259. The van der Waals surface area contributed by atoms with Crippen molar-refractivity contribution >= 4 is 0 Å². The van der Waals surface area contributed by atoms with Crippen molar-refractivity contribution in [2.45, 2.75) is 6.36 Å². The molecule has 17 heavy (non-hydrogen) atoms. The van der Waals surface area contributed by atoms with Crippen molar-refractivity contribution in [3.05, 3.63) is 11.8 Å². The van der Waals surface area contributed by atoms with Gasteiger partial charge in [-0.25, -0.2) is 0 Å². The Balaban J connectivity index is 3.30. The van der Waals surface area contributed by atoms with E-state index in [0.717, 1.165) is 13.2 Å². The lowest BCUT2D eigenvalue weighted by Gasteiger charge is -2.14.